The quantitative estimate of drug-likeness (QED) is 0.0712. The Kier molecular flexibility index (Phi) is 15.8. The molecule has 0 radical (unpaired) electrons. The molecule has 0 fully saturated rings. The molecule has 0 rings (SSSR count). The minimum absolute atomic E-state index is 0.0438. The summed E-state index contributed by atoms with van der Waals surface area (Å²) in [6.45, 7) is 1.17. The second-order valence-corrected chi connectivity index (χ2v) is 7.05. The van der Waals surface area contributed by atoms with E-state index < -0.39 is 73.1 Å². The lowest BCUT2D eigenvalue weighted by Crippen LogP contribution is -2.47. The van der Waals surface area contributed by atoms with E-state index in [0.29, 0.717) is 0 Å². The molecule has 14 nitrogen and oxygen atoms in total. The standard InChI is InChI=1S/C13H22O12S.C3H8O2/c14-1-5(16)9(20)11(22)7(18)3-24-13(26)25-4-8(19)12(23)10(21)6(17)2-15;1-3(2,4)5/h1-2,5-12,16-23H,3-4H2;4-5H,1-2H3. The smallest absolute Gasteiger partial charge is 0.352 e. The Hall–Kier alpha value is -1.37. The first-order valence-corrected chi connectivity index (χ1v) is 9.07. The van der Waals surface area contributed by atoms with Gasteiger partial charge in [-0.3, -0.25) is 0 Å². The Morgan fingerprint density at radius 2 is 1.00 bits per heavy atom. The molecule has 0 aliphatic carbocycles. The highest BCUT2D eigenvalue weighted by Gasteiger charge is 2.32. The molecule has 0 spiro atoms. The summed E-state index contributed by atoms with van der Waals surface area (Å²) in [7, 11) is 0. The average molecular weight is 478 g/mol. The van der Waals surface area contributed by atoms with Crippen molar-refractivity contribution in [3.63, 3.8) is 0 Å². The van der Waals surface area contributed by atoms with Crippen LogP contribution < -0.4 is 0 Å². The molecule has 0 aromatic rings. The van der Waals surface area contributed by atoms with E-state index in [-0.39, 0.29) is 12.6 Å². The molecule has 0 saturated carbocycles. The molecule has 8 unspecified atom stereocenters. The largest absolute Gasteiger partial charge is 0.454 e. The van der Waals surface area contributed by atoms with E-state index in [2.05, 4.69) is 12.2 Å². The molecule has 0 aliphatic rings. The highest BCUT2D eigenvalue weighted by molar-refractivity contribution is 7.79. The highest BCUT2D eigenvalue weighted by atomic mass is 32.1. The number of hydrogen-bond acceptors (Lipinski definition) is 15. The maximum absolute atomic E-state index is 10.3. The van der Waals surface area contributed by atoms with Crippen LogP contribution in [0, 0.1) is 0 Å². The number of ether oxygens (including phenoxy) is 2. The lowest BCUT2D eigenvalue weighted by atomic mass is 10.0. The van der Waals surface area contributed by atoms with Crippen molar-refractivity contribution in [3.8, 4) is 0 Å². The molecule has 10 N–H and O–H groups in total. The van der Waals surface area contributed by atoms with Crippen molar-refractivity contribution in [2.75, 3.05) is 13.2 Å². The molecule has 0 aromatic carbocycles. The van der Waals surface area contributed by atoms with Crippen molar-refractivity contribution >= 4 is 30.0 Å². The molecular weight excluding hydrogens is 448 g/mol. The Bertz CT molecular complexity index is 483. The summed E-state index contributed by atoms with van der Waals surface area (Å²) in [6.07, 6.45) is -15.3. The Morgan fingerprint density at radius 3 is 1.23 bits per heavy atom. The van der Waals surface area contributed by atoms with Gasteiger partial charge in [0.15, 0.2) is 18.4 Å². The van der Waals surface area contributed by atoms with Crippen LogP contribution >= 0.6 is 12.2 Å². The number of thiocarbonyl (C=S) groups is 1. The van der Waals surface area contributed by atoms with Gasteiger partial charge in [-0.15, -0.1) is 0 Å². The van der Waals surface area contributed by atoms with E-state index in [4.69, 9.17) is 29.9 Å². The van der Waals surface area contributed by atoms with Gasteiger partial charge in [-0.05, 0) is 13.8 Å². The van der Waals surface area contributed by atoms with Gasteiger partial charge in [-0.1, -0.05) is 0 Å². The molecule has 184 valence electrons. The van der Waals surface area contributed by atoms with Gasteiger partial charge in [0.2, 0.25) is 0 Å². The fourth-order valence-corrected chi connectivity index (χ4v) is 1.70. The zero-order valence-electron chi connectivity index (χ0n) is 16.7. The van der Waals surface area contributed by atoms with E-state index in [1.165, 1.54) is 13.8 Å². The van der Waals surface area contributed by atoms with Crippen LogP contribution in [0.3, 0.4) is 0 Å². The van der Waals surface area contributed by atoms with Gasteiger partial charge in [0, 0.05) is 12.2 Å². The molecule has 0 aromatic heterocycles. The number of carbonyl (C=O) groups excluding carboxylic acids is 2. The summed E-state index contributed by atoms with van der Waals surface area (Å²) in [5, 5.41) is 90.3. The molecule has 31 heavy (non-hydrogen) atoms. The number of carbonyl (C=O) groups is 2. The van der Waals surface area contributed by atoms with Crippen molar-refractivity contribution in [1.82, 2.24) is 0 Å². The van der Waals surface area contributed by atoms with Crippen LogP contribution in [0.5, 0.6) is 0 Å². The van der Waals surface area contributed by atoms with Crippen LogP contribution in [0.4, 0.5) is 0 Å². The third-order valence-electron chi connectivity index (χ3n) is 3.21. The Labute approximate surface area is 182 Å². The molecular formula is C16H30O14S. The Balaban J connectivity index is 0. The fourth-order valence-electron chi connectivity index (χ4n) is 1.57. The maximum Gasteiger partial charge on any atom is 0.352 e. The molecule has 0 heterocycles. The van der Waals surface area contributed by atoms with Crippen molar-refractivity contribution in [2.45, 2.75) is 68.5 Å². The third-order valence-corrected chi connectivity index (χ3v) is 3.45. The summed E-state index contributed by atoms with van der Waals surface area (Å²) >= 11 is 4.58. The predicted molar refractivity (Wildman–Crippen MR) is 103 cm³/mol. The van der Waals surface area contributed by atoms with Gasteiger partial charge in [0.05, 0.1) is 0 Å². The number of aldehydes is 2. The zero-order chi connectivity index (χ0) is 24.9. The van der Waals surface area contributed by atoms with Crippen LogP contribution in [0.25, 0.3) is 0 Å². The zero-order valence-corrected chi connectivity index (χ0v) is 17.5. The number of hydrogen-bond donors (Lipinski definition) is 10. The summed E-state index contributed by atoms with van der Waals surface area (Å²) in [4.78, 5) is 20.6. The van der Waals surface area contributed by atoms with Crippen molar-refractivity contribution in [3.05, 3.63) is 0 Å². The fraction of sp³-hybridized carbons (Fsp3) is 0.812. The van der Waals surface area contributed by atoms with E-state index in [1.54, 1.807) is 0 Å². The van der Waals surface area contributed by atoms with Gasteiger partial charge < -0.3 is 70.1 Å². The molecule has 0 aliphatic heterocycles. The monoisotopic (exact) mass is 478 g/mol. The van der Waals surface area contributed by atoms with Gasteiger partial charge in [0.25, 0.3) is 0 Å². The van der Waals surface area contributed by atoms with Gasteiger partial charge in [-0.25, -0.2) is 0 Å². The maximum atomic E-state index is 10.3. The number of aliphatic hydroxyl groups is 10. The van der Waals surface area contributed by atoms with E-state index in [9.17, 15) is 40.2 Å². The summed E-state index contributed by atoms with van der Waals surface area (Å²) in [5.41, 5.74) is 0. The molecule has 0 saturated heterocycles. The molecule has 8 atom stereocenters. The van der Waals surface area contributed by atoms with Crippen molar-refractivity contribution in [1.29, 1.82) is 0 Å². The van der Waals surface area contributed by atoms with Crippen LogP contribution in [0.1, 0.15) is 13.8 Å². The van der Waals surface area contributed by atoms with E-state index in [0.717, 1.165) is 0 Å². The van der Waals surface area contributed by atoms with Crippen LogP contribution in [-0.4, -0.2) is 137 Å². The van der Waals surface area contributed by atoms with Crippen LogP contribution in [0.2, 0.25) is 0 Å². The first kappa shape index (κ1) is 31.8. The second kappa shape index (κ2) is 15.4. The topological polar surface area (TPSA) is 255 Å². The minimum atomic E-state index is -1.97. The first-order chi connectivity index (χ1) is 14.1. The SMILES string of the molecule is CC(C)(O)O.O=CC(O)C(O)C(O)C(O)COC(=S)OCC(O)C(O)C(O)C(O)C=O. The highest BCUT2D eigenvalue weighted by Crippen LogP contribution is 2.07. The van der Waals surface area contributed by atoms with Gasteiger partial charge in [0.1, 0.15) is 62.0 Å². The summed E-state index contributed by atoms with van der Waals surface area (Å²) in [6, 6.07) is 0. The predicted octanol–water partition coefficient (Wildman–Crippen LogP) is -5.70. The summed E-state index contributed by atoms with van der Waals surface area (Å²) < 4.78 is 9.41. The summed E-state index contributed by atoms with van der Waals surface area (Å²) in [5.74, 6) is -1.50. The molecule has 0 bridgehead atoms. The van der Waals surface area contributed by atoms with Crippen molar-refractivity contribution < 1.29 is 70.1 Å². The third kappa shape index (κ3) is 15.1. The molecule has 15 heteroatoms. The van der Waals surface area contributed by atoms with Crippen LogP contribution in [0.15, 0.2) is 0 Å². The van der Waals surface area contributed by atoms with Crippen molar-refractivity contribution in [2.24, 2.45) is 0 Å². The lowest BCUT2D eigenvalue weighted by Gasteiger charge is -2.25. The van der Waals surface area contributed by atoms with Gasteiger partial charge >= 0.3 is 5.24 Å². The number of rotatable bonds is 12. The minimum Gasteiger partial charge on any atom is -0.454 e. The normalized spacial score (nSPS) is 19.2. The average Bonchev–Trinajstić information content (AvgIpc) is 2.70. The van der Waals surface area contributed by atoms with Gasteiger partial charge in [-0.2, -0.15) is 0 Å². The lowest BCUT2D eigenvalue weighted by molar-refractivity contribution is -0.138. The second-order valence-electron chi connectivity index (χ2n) is 6.72. The Morgan fingerprint density at radius 1 is 0.742 bits per heavy atom. The first-order valence-electron chi connectivity index (χ1n) is 8.66. The van der Waals surface area contributed by atoms with E-state index in [1.807, 2.05) is 0 Å². The van der Waals surface area contributed by atoms with E-state index >= 15 is 0 Å². The van der Waals surface area contributed by atoms with Crippen LogP contribution in [-0.2, 0) is 19.1 Å². The number of aliphatic hydroxyl groups excluding tert-OH is 8. The molecule has 0 amide bonds.